The molecule has 0 spiro atoms. The van der Waals surface area contributed by atoms with Gasteiger partial charge in [0.1, 0.15) is 17.3 Å². The summed E-state index contributed by atoms with van der Waals surface area (Å²) in [6.07, 6.45) is 0.272. The highest BCUT2D eigenvalue weighted by Gasteiger charge is 2.45. The SMILES string of the molecule is CCOc1ccc(C(O)=C2C(=O)C(=O)N(CCCO)[C@@H]2c2ccc(F)cc2)cc1. The Hall–Kier alpha value is -3.19. The molecule has 1 amide bonds. The second kappa shape index (κ2) is 8.87. The van der Waals surface area contributed by atoms with Crippen LogP contribution < -0.4 is 4.74 Å². The first-order valence-electron chi connectivity index (χ1n) is 9.36. The van der Waals surface area contributed by atoms with Crippen molar-refractivity contribution in [3.8, 4) is 5.75 Å². The van der Waals surface area contributed by atoms with Crippen molar-refractivity contribution in [3.63, 3.8) is 0 Å². The number of carbonyl (C=O) groups excluding carboxylic acids is 2. The minimum atomic E-state index is -0.867. The van der Waals surface area contributed by atoms with Gasteiger partial charge in [-0.3, -0.25) is 9.59 Å². The van der Waals surface area contributed by atoms with E-state index in [1.807, 2.05) is 6.92 Å². The maximum atomic E-state index is 13.4. The lowest BCUT2D eigenvalue weighted by atomic mass is 9.95. The summed E-state index contributed by atoms with van der Waals surface area (Å²) in [5.74, 6) is -1.73. The number of ether oxygens (including phenoxy) is 1. The topological polar surface area (TPSA) is 87.1 Å². The number of rotatable bonds is 7. The zero-order chi connectivity index (χ0) is 21.0. The summed E-state index contributed by atoms with van der Waals surface area (Å²) in [7, 11) is 0. The average molecular weight is 399 g/mol. The van der Waals surface area contributed by atoms with Crippen molar-refractivity contribution < 1.29 is 28.9 Å². The van der Waals surface area contributed by atoms with E-state index in [1.165, 1.54) is 29.2 Å². The van der Waals surface area contributed by atoms with Gasteiger partial charge < -0.3 is 19.8 Å². The van der Waals surface area contributed by atoms with Gasteiger partial charge in [-0.05, 0) is 55.3 Å². The first-order valence-corrected chi connectivity index (χ1v) is 9.36. The molecule has 7 heteroatoms. The second-order valence-electron chi connectivity index (χ2n) is 6.58. The van der Waals surface area contributed by atoms with Crippen molar-refractivity contribution >= 4 is 17.4 Å². The number of halogens is 1. The van der Waals surface area contributed by atoms with E-state index in [-0.39, 0.29) is 30.9 Å². The average Bonchev–Trinajstić information content (AvgIpc) is 2.98. The van der Waals surface area contributed by atoms with Gasteiger partial charge in [0, 0.05) is 18.7 Å². The van der Waals surface area contributed by atoms with Gasteiger partial charge in [-0.15, -0.1) is 0 Å². The normalized spacial score (nSPS) is 18.3. The van der Waals surface area contributed by atoms with Crippen molar-refractivity contribution in [2.75, 3.05) is 19.8 Å². The van der Waals surface area contributed by atoms with E-state index in [9.17, 15) is 19.1 Å². The monoisotopic (exact) mass is 399 g/mol. The fourth-order valence-electron chi connectivity index (χ4n) is 3.37. The fraction of sp³-hybridized carbons (Fsp3) is 0.273. The van der Waals surface area contributed by atoms with E-state index in [4.69, 9.17) is 9.84 Å². The number of hydrogen-bond donors (Lipinski definition) is 2. The van der Waals surface area contributed by atoms with Crippen molar-refractivity contribution in [1.29, 1.82) is 0 Å². The molecule has 0 unspecified atom stereocenters. The predicted molar refractivity (Wildman–Crippen MR) is 105 cm³/mol. The Kier molecular flexibility index (Phi) is 6.29. The molecule has 0 saturated carbocycles. The number of benzene rings is 2. The molecule has 1 aliphatic heterocycles. The van der Waals surface area contributed by atoms with Gasteiger partial charge >= 0.3 is 0 Å². The Bertz CT molecular complexity index is 921. The van der Waals surface area contributed by atoms with Gasteiger partial charge in [-0.1, -0.05) is 12.1 Å². The van der Waals surface area contributed by atoms with Gasteiger partial charge in [-0.2, -0.15) is 0 Å². The minimum absolute atomic E-state index is 0.0660. The zero-order valence-electron chi connectivity index (χ0n) is 16.0. The number of carbonyl (C=O) groups is 2. The van der Waals surface area contributed by atoms with Crippen LogP contribution in [-0.2, 0) is 9.59 Å². The first-order chi connectivity index (χ1) is 14.0. The third kappa shape index (κ3) is 4.14. The van der Waals surface area contributed by atoms with Crippen LogP contribution in [0.3, 0.4) is 0 Å². The summed E-state index contributed by atoms with van der Waals surface area (Å²) in [5, 5.41) is 20.0. The lowest BCUT2D eigenvalue weighted by Gasteiger charge is -2.25. The number of hydrogen-bond acceptors (Lipinski definition) is 5. The third-order valence-electron chi connectivity index (χ3n) is 4.72. The van der Waals surface area contributed by atoms with Gasteiger partial charge in [0.25, 0.3) is 11.7 Å². The van der Waals surface area contributed by atoms with E-state index in [2.05, 4.69) is 0 Å². The first kappa shape index (κ1) is 20.5. The largest absolute Gasteiger partial charge is 0.507 e. The summed E-state index contributed by atoms with van der Waals surface area (Å²) in [6, 6.07) is 11.1. The lowest BCUT2D eigenvalue weighted by Crippen LogP contribution is -2.31. The van der Waals surface area contributed by atoms with Crippen LogP contribution >= 0.6 is 0 Å². The molecule has 2 aromatic carbocycles. The van der Waals surface area contributed by atoms with Crippen LogP contribution in [-0.4, -0.2) is 46.6 Å². The third-order valence-corrected chi connectivity index (χ3v) is 4.72. The Morgan fingerprint density at radius 3 is 2.34 bits per heavy atom. The molecular weight excluding hydrogens is 377 g/mol. The van der Waals surface area contributed by atoms with E-state index in [0.29, 0.717) is 23.5 Å². The molecule has 152 valence electrons. The number of ketones is 1. The molecule has 0 aromatic heterocycles. The number of likely N-dealkylation sites (tertiary alicyclic amines) is 1. The quantitative estimate of drug-likeness (QED) is 0.425. The van der Waals surface area contributed by atoms with E-state index in [0.717, 1.165) is 0 Å². The van der Waals surface area contributed by atoms with Crippen molar-refractivity contribution in [1.82, 2.24) is 4.90 Å². The number of nitrogens with zero attached hydrogens (tertiary/aromatic N) is 1. The van der Waals surface area contributed by atoms with Crippen LogP contribution in [0.15, 0.2) is 54.1 Å². The van der Waals surface area contributed by atoms with Gasteiger partial charge in [-0.25, -0.2) is 4.39 Å². The lowest BCUT2D eigenvalue weighted by molar-refractivity contribution is -0.140. The highest BCUT2D eigenvalue weighted by molar-refractivity contribution is 6.46. The number of aliphatic hydroxyl groups is 2. The molecule has 1 fully saturated rings. The summed E-state index contributed by atoms with van der Waals surface area (Å²) in [6.45, 7) is 2.32. The number of aliphatic hydroxyl groups excluding tert-OH is 2. The number of Topliss-reactive ketones (excluding diaryl/α,β-unsaturated/α-hetero) is 1. The molecule has 6 nitrogen and oxygen atoms in total. The molecule has 0 bridgehead atoms. The molecule has 0 aliphatic carbocycles. The van der Waals surface area contributed by atoms with E-state index in [1.54, 1.807) is 24.3 Å². The maximum Gasteiger partial charge on any atom is 0.295 e. The molecule has 2 N–H and O–H groups in total. The highest BCUT2D eigenvalue weighted by Crippen LogP contribution is 2.39. The van der Waals surface area contributed by atoms with Crippen LogP contribution in [0.1, 0.15) is 30.5 Å². The van der Waals surface area contributed by atoms with Gasteiger partial charge in [0.15, 0.2) is 0 Å². The molecule has 0 radical (unpaired) electrons. The Balaban J connectivity index is 2.09. The maximum absolute atomic E-state index is 13.4. The molecule has 1 heterocycles. The van der Waals surface area contributed by atoms with Crippen LogP contribution in [0.5, 0.6) is 5.75 Å². The van der Waals surface area contributed by atoms with Crippen molar-refractivity contribution in [3.05, 3.63) is 71.0 Å². The Morgan fingerprint density at radius 2 is 1.76 bits per heavy atom. The minimum Gasteiger partial charge on any atom is -0.507 e. The smallest absolute Gasteiger partial charge is 0.295 e. The predicted octanol–water partition coefficient (Wildman–Crippen LogP) is 3.03. The molecule has 29 heavy (non-hydrogen) atoms. The van der Waals surface area contributed by atoms with Crippen molar-refractivity contribution in [2.24, 2.45) is 0 Å². The van der Waals surface area contributed by atoms with Crippen LogP contribution in [0.25, 0.3) is 5.76 Å². The van der Waals surface area contributed by atoms with Crippen LogP contribution in [0, 0.1) is 5.82 Å². The van der Waals surface area contributed by atoms with Crippen LogP contribution in [0.4, 0.5) is 4.39 Å². The molecular formula is C22H22FNO5. The molecule has 1 saturated heterocycles. The fourth-order valence-corrected chi connectivity index (χ4v) is 3.37. The van der Waals surface area contributed by atoms with E-state index < -0.39 is 23.5 Å². The molecule has 1 aliphatic rings. The van der Waals surface area contributed by atoms with Gasteiger partial charge in [0.2, 0.25) is 0 Å². The summed E-state index contributed by atoms with van der Waals surface area (Å²) >= 11 is 0. The Labute approximate surface area is 167 Å². The zero-order valence-corrected chi connectivity index (χ0v) is 16.0. The van der Waals surface area contributed by atoms with Crippen LogP contribution in [0.2, 0.25) is 0 Å². The number of amides is 1. The second-order valence-corrected chi connectivity index (χ2v) is 6.58. The Morgan fingerprint density at radius 1 is 1.10 bits per heavy atom. The summed E-state index contributed by atoms with van der Waals surface area (Å²) < 4.78 is 18.8. The standard InChI is InChI=1S/C22H22FNO5/c1-2-29-17-10-6-15(7-11-17)20(26)18-19(14-4-8-16(23)9-5-14)24(12-3-13-25)22(28)21(18)27/h4-11,19,25-26H,2-3,12-13H2,1H3/t19-/m1/s1. The molecule has 2 aromatic rings. The van der Waals surface area contributed by atoms with Crippen molar-refractivity contribution in [2.45, 2.75) is 19.4 Å². The highest BCUT2D eigenvalue weighted by atomic mass is 19.1. The van der Waals surface area contributed by atoms with E-state index >= 15 is 0 Å². The van der Waals surface area contributed by atoms with Gasteiger partial charge in [0.05, 0.1) is 18.2 Å². The summed E-state index contributed by atoms with van der Waals surface area (Å²) in [5.41, 5.74) is 0.792. The summed E-state index contributed by atoms with van der Waals surface area (Å²) in [4.78, 5) is 26.6. The molecule has 1 atom stereocenters. The molecule has 3 rings (SSSR count).